The Kier molecular flexibility index (Phi) is 5.97. The van der Waals surface area contributed by atoms with E-state index in [-0.39, 0.29) is 0 Å². The molecular formula is C22H22ClNO. The number of ether oxygens (including phenoxy) is 1. The van der Waals surface area contributed by atoms with E-state index in [4.69, 9.17) is 16.3 Å². The molecule has 0 aliphatic rings. The predicted molar refractivity (Wildman–Crippen MR) is 105 cm³/mol. The van der Waals surface area contributed by atoms with Gasteiger partial charge in [-0.2, -0.15) is 0 Å². The summed E-state index contributed by atoms with van der Waals surface area (Å²) < 4.78 is 6.02. The van der Waals surface area contributed by atoms with Crippen LogP contribution >= 0.6 is 11.6 Å². The third kappa shape index (κ3) is 4.77. The van der Waals surface area contributed by atoms with Crippen molar-refractivity contribution in [2.45, 2.75) is 26.5 Å². The average Bonchev–Trinajstić information content (AvgIpc) is 2.66. The van der Waals surface area contributed by atoms with Gasteiger partial charge >= 0.3 is 0 Å². The Balaban J connectivity index is 1.73. The second-order valence-corrected chi connectivity index (χ2v) is 6.33. The standard InChI is InChI=1S/C22H22ClNO/c1-2-18-10-6-7-11-21(18)24-15-19-14-20(23)12-13-22(19)25-16-17-8-4-3-5-9-17/h3-14,24H,2,15-16H2,1H3. The average molecular weight is 352 g/mol. The van der Waals surface area contributed by atoms with E-state index in [1.165, 1.54) is 5.56 Å². The number of aryl methyl sites for hydroxylation is 1. The molecule has 0 aromatic heterocycles. The third-order valence-corrected chi connectivity index (χ3v) is 4.36. The van der Waals surface area contributed by atoms with E-state index in [0.717, 1.165) is 29.0 Å². The highest BCUT2D eigenvalue weighted by atomic mass is 35.5. The number of halogens is 1. The highest BCUT2D eigenvalue weighted by Gasteiger charge is 2.07. The van der Waals surface area contributed by atoms with E-state index in [1.807, 2.05) is 42.5 Å². The van der Waals surface area contributed by atoms with Crippen LogP contribution in [-0.4, -0.2) is 0 Å². The summed E-state index contributed by atoms with van der Waals surface area (Å²) in [6, 6.07) is 24.3. The van der Waals surface area contributed by atoms with Crippen molar-refractivity contribution in [3.8, 4) is 5.75 Å². The van der Waals surface area contributed by atoms with Gasteiger partial charge < -0.3 is 10.1 Å². The van der Waals surface area contributed by atoms with Crippen molar-refractivity contribution in [2.75, 3.05) is 5.32 Å². The first kappa shape index (κ1) is 17.4. The smallest absolute Gasteiger partial charge is 0.124 e. The van der Waals surface area contributed by atoms with Crippen LogP contribution in [0.5, 0.6) is 5.75 Å². The Bertz CT molecular complexity index is 817. The van der Waals surface area contributed by atoms with Gasteiger partial charge in [0, 0.05) is 22.8 Å². The molecule has 0 aliphatic carbocycles. The minimum Gasteiger partial charge on any atom is -0.489 e. The van der Waals surface area contributed by atoms with Gasteiger partial charge in [-0.05, 0) is 41.8 Å². The molecule has 0 bridgehead atoms. The molecule has 0 spiro atoms. The molecule has 25 heavy (non-hydrogen) atoms. The molecule has 0 atom stereocenters. The van der Waals surface area contributed by atoms with Crippen LogP contribution in [0.2, 0.25) is 5.02 Å². The lowest BCUT2D eigenvalue weighted by Gasteiger charge is -2.15. The molecule has 0 aliphatic heterocycles. The van der Waals surface area contributed by atoms with Crippen molar-refractivity contribution in [1.29, 1.82) is 0 Å². The second kappa shape index (κ2) is 8.59. The Morgan fingerprint density at radius 1 is 0.880 bits per heavy atom. The number of anilines is 1. The highest BCUT2D eigenvalue weighted by Crippen LogP contribution is 2.26. The van der Waals surface area contributed by atoms with Crippen LogP contribution in [0.15, 0.2) is 72.8 Å². The lowest BCUT2D eigenvalue weighted by molar-refractivity contribution is 0.303. The summed E-state index contributed by atoms with van der Waals surface area (Å²) in [6.07, 6.45) is 0.996. The second-order valence-electron chi connectivity index (χ2n) is 5.89. The minimum absolute atomic E-state index is 0.543. The first-order valence-corrected chi connectivity index (χ1v) is 8.91. The van der Waals surface area contributed by atoms with Gasteiger partial charge in [-0.15, -0.1) is 0 Å². The monoisotopic (exact) mass is 351 g/mol. The maximum atomic E-state index is 6.19. The quantitative estimate of drug-likeness (QED) is 0.555. The summed E-state index contributed by atoms with van der Waals surface area (Å²) in [7, 11) is 0. The molecule has 0 saturated heterocycles. The van der Waals surface area contributed by atoms with Crippen LogP contribution < -0.4 is 10.1 Å². The number of hydrogen-bond acceptors (Lipinski definition) is 2. The maximum Gasteiger partial charge on any atom is 0.124 e. The fourth-order valence-corrected chi connectivity index (χ4v) is 2.95. The van der Waals surface area contributed by atoms with Gasteiger partial charge in [0.15, 0.2) is 0 Å². The van der Waals surface area contributed by atoms with Crippen LogP contribution in [0.3, 0.4) is 0 Å². The molecule has 3 aromatic carbocycles. The molecule has 0 radical (unpaired) electrons. The molecule has 3 rings (SSSR count). The Hall–Kier alpha value is -2.45. The molecule has 0 unspecified atom stereocenters. The Labute approximate surface area is 154 Å². The van der Waals surface area contributed by atoms with E-state index in [1.54, 1.807) is 0 Å². The van der Waals surface area contributed by atoms with Crippen molar-refractivity contribution < 1.29 is 4.74 Å². The highest BCUT2D eigenvalue weighted by molar-refractivity contribution is 6.30. The van der Waals surface area contributed by atoms with Gasteiger partial charge in [-0.3, -0.25) is 0 Å². The Morgan fingerprint density at radius 2 is 1.64 bits per heavy atom. The number of hydrogen-bond donors (Lipinski definition) is 1. The van der Waals surface area contributed by atoms with Crippen LogP contribution in [0, 0.1) is 0 Å². The summed E-state index contributed by atoms with van der Waals surface area (Å²) >= 11 is 6.19. The first-order valence-electron chi connectivity index (χ1n) is 8.53. The molecule has 128 valence electrons. The molecular weight excluding hydrogens is 330 g/mol. The molecule has 0 amide bonds. The molecule has 3 aromatic rings. The van der Waals surface area contributed by atoms with Gasteiger partial charge in [0.25, 0.3) is 0 Å². The van der Waals surface area contributed by atoms with E-state index >= 15 is 0 Å². The van der Waals surface area contributed by atoms with Crippen LogP contribution in [-0.2, 0) is 19.6 Å². The zero-order valence-corrected chi connectivity index (χ0v) is 15.1. The van der Waals surface area contributed by atoms with Crippen LogP contribution in [0.25, 0.3) is 0 Å². The van der Waals surface area contributed by atoms with Gasteiger partial charge in [-0.25, -0.2) is 0 Å². The van der Waals surface area contributed by atoms with Crippen molar-refractivity contribution in [1.82, 2.24) is 0 Å². The van der Waals surface area contributed by atoms with Gasteiger partial charge in [0.2, 0.25) is 0 Å². The molecule has 0 saturated carbocycles. The Morgan fingerprint density at radius 3 is 2.44 bits per heavy atom. The zero-order chi connectivity index (χ0) is 17.5. The van der Waals surface area contributed by atoms with Crippen molar-refractivity contribution in [3.05, 3.63) is 94.5 Å². The topological polar surface area (TPSA) is 21.3 Å². The lowest BCUT2D eigenvalue weighted by atomic mass is 10.1. The van der Waals surface area contributed by atoms with Crippen molar-refractivity contribution in [3.63, 3.8) is 0 Å². The maximum absolute atomic E-state index is 6.19. The van der Waals surface area contributed by atoms with E-state index in [0.29, 0.717) is 18.2 Å². The van der Waals surface area contributed by atoms with E-state index < -0.39 is 0 Å². The van der Waals surface area contributed by atoms with Gasteiger partial charge in [0.05, 0.1) is 0 Å². The van der Waals surface area contributed by atoms with Gasteiger partial charge in [-0.1, -0.05) is 67.1 Å². The number of para-hydroxylation sites is 1. The van der Waals surface area contributed by atoms with E-state index in [9.17, 15) is 0 Å². The number of benzene rings is 3. The fourth-order valence-electron chi connectivity index (χ4n) is 2.75. The number of rotatable bonds is 7. The predicted octanol–water partition coefficient (Wildman–Crippen LogP) is 6.09. The minimum atomic E-state index is 0.543. The normalized spacial score (nSPS) is 10.5. The fraction of sp³-hybridized carbons (Fsp3) is 0.182. The lowest BCUT2D eigenvalue weighted by Crippen LogP contribution is -2.05. The summed E-state index contributed by atoms with van der Waals surface area (Å²) in [4.78, 5) is 0. The summed E-state index contributed by atoms with van der Waals surface area (Å²) in [6.45, 7) is 3.37. The number of nitrogens with one attached hydrogen (secondary N) is 1. The third-order valence-electron chi connectivity index (χ3n) is 4.13. The summed E-state index contributed by atoms with van der Waals surface area (Å²) in [5.41, 5.74) is 4.65. The van der Waals surface area contributed by atoms with Crippen LogP contribution in [0.4, 0.5) is 5.69 Å². The van der Waals surface area contributed by atoms with Gasteiger partial charge in [0.1, 0.15) is 12.4 Å². The van der Waals surface area contributed by atoms with Crippen molar-refractivity contribution in [2.24, 2.45) is 0 Å². The zero-order valence-electron chi connectivity index (χ0n) is 14.3. The molecule has 0 fully saturated rings. The summed E-state index contributed by atoms with van der Waals surface area (Å²) in [5.74, 6) is 0.856. The SMILES string of the molecule is CCc1ccccc1NCc1cc(Cl)ccc1OCc1ccccc1. The molecule has 1 N–H and O–H groups in total. The molecule has 3 heteroatoms. The summed E-state index contributed by atoms with van der Waals surface area (Å²) in [5, 5.41) is 4.22. The largest absolute Gasteiger partial charge is 0.489 e. The first-order chi connectivity index (χ1) is 12.3. The molecule has 2 nitrogen and oxygen atoms in total. The van der Waals surface area contributed by atoms with Crippen LogP contribution in [0.1, 0.15) is 23.6 Å². The van der Waals surface area contributed by atoms with Crippen molar-refractivity contribution >= 4 is 17.3 Å². The molecule has 0 heterocycles. The van der Waals surface area contributed by atoms with E-state index in [2.05, 4.69) is 42.6 Å².